The molecule has 0 spiro atoms. The second kappa shape index (κ2) is 8.91. The van der Waals surface area contributed by atoms with E-state index >= 15 is 0 Å². The Labute approximate surface area is 181 Å². The van der Waals surface area contributed by atoms with Crippen LogP contribution in [0.25, 0.3) is 22.5 Å². The number of nitrogens with one attached hydrogen (secondary N) is 1. The van der Waals surface area contributed by atoms with Gasteiger partial charge < -0.3 is 9.67 Å². The van der Waals surface area contributed by atoms with Crippen molar-refractivity contribution in [1.29, 1.82) is 0 Å². The fourth-order valence-electron chi connectivity index (χ4n) is 3.74. The lowest BCUT2D eigenvalue weighted by Crippen LogP contribution is -2.13. The standard InChI is InChI=1S/C22H21F3N6O/c1-2-6-19-26-20(22(23,24)25)18(13-32)31(19)12-14-9-10-16(15-7-4-3-5-8-15)17(11-14)21-27-29-30-28-21/h3-5,7-11,32H,2,6,12-13H2,1H3,(H,27,28,29,30). The van der Waals surface area contributed by atoms with Gasteiger partial charge in [-0.3, -0.25) is 0 Å². The molecule has 0 bridgehead atoms. The number of tetrazole rings is 1. The lowest BCUT2D eigenvalue weighted by Gasteiger charge is -2.14. The summed E-state index contributed by atoms with van der Waals surface area (Å²) in [4.78, 5) is 3.82. The summed E-state index contributed by atoms with van der Waals surface area (Å²) in [7, 11) is 0. The van der Waals surface area contributed by atoms with Gasteiger partial charge in [-0.15, -0.1) is 5.10 Å². The smallest absolute Gasteiger partial charge is 0.390 e. The molecule has 32 heavy (non-hydrogen) atoms. The number of benzene rings is 2. The van der Waals surface area contributed by atoms with E-state index in [1.165, 1.54) is 4.57 Å². The van der Waals surface area contributed by atoms with Crippen LogP contribution in [0.4, 0.5) is 13.2 Å². The maximum absolute atomic E-state index is 13.5. The number of aromatic amines is 1. The van der Waals surface area contributed by atoms with Crippen molar-refractivity contribution in [2.24, 2.45) is 0 Å². The summed E-state index contributed by atoms with van der Waals surface area (Å²) in [5, 5.41) is 23.8. The molecule has 0 unspecified atom stereocenters. The molecule has 2 aromatic heterocycles. The summed E-state index contributed by atoms with van der Waals surface area (Å²) >= 11 is 0. The van der Waals surface area contributed by atoms with Crippen LogP contribution in [0.3, 0.4) is 0 Å². The summed E-state index contributed by atoms with van der Waals surface area (Å²) < 4.78 is 41.9. The number of alkyl halides is 3. The number of nitrogens with zero attached hydrogens (tertiary/aromatic N) is 5. The number of H-pyrrole nitrogens is 1. The first-order valence-electron chi connectivity index (χ1n) is 10.1. The highest BCUT2D eigenvalue weighted by Gasteiger charge is 2.38. The molecule has 0 atom stereocenters. The van der Waals surface area contributed by atoms with Gasteiger partial charge in [-0.05, 0) is 39.6 Å². The largest absolute Gasteiger partial charge is 0.435 e. The first kappa shape index (κ1) is 21.7. The molecule has 2 aromatic carbocycles. The van der Waals surface area contributed by atoms with Crippen molar-refractivity contribution in [1.82, 2.24) is 30.2 Å². The van der Waals surface area contributed by atoms with Gasteiger partial charge in [0.25, 0.3) is 0 Å². The second-order valence-corrected chi connectivity index (χ2v) is 7.31. The number of rotatable bonds is 7. The molecule has 0 aliphatic heterocycles. The van der Waals surface area contributed by atoms with Crippen LogP contribution in [0, 0.1) is 0 Å². The number of aryl methyl sites for hydroxylation is 1. The number of hydrogen-bond acceptors (Lipinski definition) is 5. The van der Waals surface area contributed by atoms with Crippen molar-refractivity contribution >= 4 is 0 Å². The summed E-state index contributed by atoms with van der Waals surface area (Å²) in [5.74, 6) is 0.738. The van der Waals surface area contributed by atoms with Gasteiger partial charge in [-0.25, -0.2) is 10.1 Å². The predicted molar refractivity (Wildman–Crippen MR) is 111 cm³/mol. The number of hydrogen-bond donors (Lipinski definition) is 2. The molecule has 0 aliphatic rings. The topological polar surface area (TPSA) is 92.5 Å². The summed E-state index contributed by atoms with van der Waals surface area (Å²) in [6.07, 6.45) is -3.65. The molecule has 2 N–H and O–H groups in total. The Balaban J connectivity index is 1.81. The molecule has 4 rings (SSSR count). The van der Waals surface area contributed by atoms with E-state index in [1.807, 2.05) is 55.5 Å². The van der Waals surface area contributed by atoms with E-state index in [9.17, 15) is 18.3 Å². The van der Waals surface area contributed by atoms with Crippen molar-refractivity contribution in [3.8, 4) is 22.5 Å². The molecule has 0 saturated heterocycles. The van der Waals surface area contributed by atoms with E-state index in [-0.39, 0.29) is 12.2 Å². The van der Waals surface area contributed by atoms with Crippen molar-refractivity contribution in [2.75, 3.05) is 0 Å². The molecular weight excluding hydrogens is 421 g/mol. The van der Waals surface area contributed by atoms with Gasteiger partial charge in [0.05, 0.1) is 12.3 Å². The third kappa shape index (κ3) is 4.26. The van der Waals surface area contributed by atoms with Crippen LogP contribution in [0.1, 0.15) is 36.1 Å². The lowest BCUT2D eigenvalue weighted by molar-refractivity contribution is -0.142. The van der Waals surface area contributed by atoms with Crippen LogP contribution >= 0.6 is 0 Å². The van der Waals surface area contributed by atoms with Crippen molar-refractivity contribution in [3.05, 3.63) is 71.3 Å². The number of halogens is 3. The highest BCUT2D eigenvalue weighted by Crippen LogP contribution is 2.34. The predicted octanol–water partition coefficient (Wildman–Crippen LogP) is 4.24. The third-order valence-corrected chi connectivity index (χ3v) is 5.15. The molecule has 7 nitrogen and oxygen atoms in total. The average Bonchev–Trinajstić information content (AvgIpc) is 3.43. The summed E-state index contributed by atoms with van der Waals surface area (Å²) in [6, 6.07) is 15.2. The van der Waals surface area contributed by atoms with Gasteiger partial charge in [0, 0.05) is 18.5 Å². The van der Waals surface area contributed by atoms with Gasteiger partial charge >= 0.3 is 6.18 Å². The van der Waals surface area contributed by atoms with Crippen LogP contribution in [0.5, 0.6) is 0 Å². The molecule has 0 fully saturated rings. The zero-order valence-corrected chi connectivity index (χ0v) is 17.3. The molecular formula is C22H21F3N6O. The van der Waals surface area contributed by atoms with Crippen LogP contribution in [-0.4, -0.2) is 35.3 Å². The molecule has 0 amide bonds. The molecule has 166 valence electrons. The molecule has 4 aromatic rings. The van der Waals surface area contributed by atoms with E-state index in [0.29, 0.717) is 24.5 Å². The second-order valence-electron chi connectivity index (χ2n) is 7.31. The SMILES string of the molecule is CCCc1nc(C(F)(F)F)c(CO)n1Cc1ccc(-c2ccccc2)c(-c2nnn[nH]2)c1. The van der Waals surface area contributed by atoms with E-state index in [4.69, 9.17) is 0 Å². The van der Waals surface area contributed by atoms with Crippen LogP contribution in [0.2, 0.25) is 0 Å². The summed E-state index contributed by atoms with van der Waals surface area (Å²) in [5.41, 5.74) is 2.01. The minimum atomic E-state index is -4.64. The average molecular weight is 442 g/mol. The molecule has 10 heteroatoms. The minimum absolute atomic E-state index is 0.123. The van der Waals surface area contributed by atoms with Crippen molar-refractivity contribution in [2.45, 2.75) is 39.1 Å². The van der Waals surface area contributed by atoms with Crippen molar-refractivity contribution < 1.29 is 18.3 Å². The fraction of sp³-hybridized carbons (Fsp3) is 0.273. The van der Waals surface area contributed by atoms with Crippen LogP contribution in [-0.2, 0) is 25.7 Å². The van der Waals surface area contributed by atoms with E-state index in [0.717, 1.165) is 22.3 Å². The summed E-state index contributed by atoms with van der Waals surface area (Å²) in [6.45, 7) is 1.24. The van der Waals surface area contributed by atoms with E-state index in [1.54, 1.807) is 0 Å². The van der Waals surface area contributed by atoms with Gasteiger partial charge in [0.2, 0.25) is 0 Å². The number of imidazole rings is 1. The first-order chi connectivity index (χ1) is 15.4. The normalized spacial score (nSPS) is 11.8. The minimum Gasteiger partial charge on any atom is -0.390 e. The van der Waals surface area contributed by atoms with Gasteiger partial charge in [0.1, 0.15) is 5.82 Å². The Bertz CT molecular complexity index is 1190. The fourth-order valence-corrected chi connectivity index (χ4v) is 3.74. The maximum atomic E-state index is 13.5. The monoisotopic (exact) mass is 442 g/mol. The molecule has 0 radical (unpaired) electrons. The molecule has 2 heterocycles. The van der Waals surface area contributed by atoms with E-state index < -0.39 is 18.5 Å². The third-order valence-electron chi connectivity index (χ3n) is 5.15. The molecule has 0 aliphatic carbocycles. The zero-order valence-electron chi connectivity index (χ0n) is 17.3. The first-order valence-corrected chi connectivity index (χ1v) is 10.1. The highest BCUT2D eigenvalue weighted by molar-refractivity contribution is 5.80. The molecule has 0 saturated carbocycles. The Morgan fingerprint density at radius 1 is 1.06 bits per heavy atom. The Morgan fingerprint density at radius 2 is 1.84 bits per heavy atom. The quantitative estimate of drug-likeness (QED) is 0.447. The Morgan fingerprint density at radius 3 is 2.47 bits per heavy atom. The number of aliphatic hydroxyl groups excluding tert-OH is 1. The zero-order chi connectivity index (χ0) is 22.7. The lowest BCUT2D eigenvalue weighted by atomic mass is 9.97. The number of aromatic nitrogens is 6. The van der Waals surface area contributed by atoms with Gasteiger partial charge in [-0.2, -0.15) is 13.2 Å². The Hall–Kier alpha value is -3.53. The van der Waals surface area contributed by atoms with Crippen molar-refractivity contribution in [3.63, 3.8) is 0 Å². The number of aliphatic hydroxyl groups is 1. The maximum Gasteiger partial charge on any atom is 0.435 e. The van der Waals surface area contributed by atoms with Gasteiger partial charge in [-0.1, -0.05) is 49.4 Å². The van der Waals surface area contributed by atoms with E-state index in [2.05, 4.69) is 25.6 Å². The van der Waals surface area contributed by atoms with Gasteiger partial charge in [0.15, 0.2) is 11.5 Å². The Kier molecular flexibility index (Phi) is 6.04. The highest BCUT2D eigenvalue weighted by atomic mass is 19.4. The van der Waals surface area contributed by atoms with Crippen LogP contribution in [0.15, 0.2) is 48.5 Å². The van der Waals surface area contributed by atoms with Crippen LogP contribution < -0.4 is 0 Å².